The zero-order valence-corrected chi connectivity index (χ0v) is 25.5. The van der Waals surface area contributed by atoms with E-state index in [0.717, 1.165) is 50.4 Å². The molecule has 0 aliphatic carbocycles. The first-order valence-electron chi connectivity index (χ1n) is 13.5. The highest BCUT2D eigenvalue weighted by atomic mass is 79.9. The van der Waals surface area contributed by atoms with Crippen molar-refractivity contribution in [3.63, 3.8) is 0 Å². The molecule has 1 aliphatic heterocycles. The number of aryl methyl sites for hydroxylation is 1. The van der Waals surface area contributed by atoms with Gasteiger partial charge in [0, 0.05) is 32.8 Å². The lowest BCUT2D eigenvalue weighted by Crippen LogP contribution is -2.46. The average Bonchev–Trinajstić information content (AvgIpc) is 3.56. The first kappa shape index (κ1) is 27.4. The second kappa shape index (κ2) is 10.6. The van der Waals surface area contributed by atoms with Crippen LogP contribution in [0.4, 0.5) is 0 Å². The van der Waals surface area contributed by atoms with Gasteiger partial charge in [-0.15, -0.1) is 0 Å². The number of hydrogen-bond acceptors (Lipinski definition) is 5. The molecule has 9 nitrogen and oxygen atoms in total. The number of nitrogens with zero attached hydrogens (tertiary/aromatic N) is 6. The molecule has 0 saturated heterocycles. The molecule has 1 N–H and O–H groups in total. The third-order valence-electron chi connectivity index (χ3n) is 7.62. The minimum Gasteiger partial charge on any atom is -0.330 e. The van der Waals surface area contributed by atoms with Gasteiger partial charge in [-0.05, 0) is 78.9 Å². The number of amides is 1. The minimum absolute atomic E-state index is 0.0889. The highest BCUT2D eigenvalue weighted by Crippen LogP contribution is 2.30. The maximum atomic E-state index is 14.3. The van der Waals surface area contributed by atoms with Crippen molar-refractivity contribution in [1.82, 2.24) is 34.5 Å². The summed E-state index contributed by atoms with van der Waals surface area (Å²) in [6, 6.07) is 12.8. The Hall–Kier alpha value is -3.76. The largest absolute Gasteiger partial charge is 0.330 e. The van der Waals surface area contributed by atoms with Gasteiger partial charge in [-0.1, -0.05) is 37.6 Å². The molecule has 6 rings (SSSR count). The molecule has 0 fully saturated rings. The molecule has 0 radical (unpaired) electrons. The van der Waals surface area contributed by atoms with Gasteiger partial charge in [0.15, 0.2) is 0 Å². The Kier molecular flexibility index (Phi) is 7.07. The van der Waals surface area contributed by atoms with Crippen molar-refractivity contribution in [3.05, 3.63) is 96.6 Å². The molecule has 3 aromatic heterocycles. The standard InChI is InChI=1S/C30H29BrClN7O2/c1-16(2)11-21-14-33-39-26-15-37(29(40)20-7-10-24(31)25(32)13-20)17(3)12-23(26)30(41)38(28(21)39)22-8-5-19(6-9-22)27-18(4)34-36-35-27/h5-10,13-14,16-17H,11-12,15H2,1-4H3,(H,34,35,36). The van der Waals surface area contributed by atoms with Crippen LogP contribution in [0.5, 0.6) is 0 Å². The predicted octanol–water partition coefficient (Wildman–Crippen LogP) is 5.78. The average molecular weight is 635 g/mol. The normalized spacial score (nSPS) is 15.1. The van der Waals surface area contributed by atoms with E-state index < -0.39 is 0 Å². The number of fused-ring (bicyclic) bond motifs is 3. The summed E-state index contributed by atoms with van der Waals surface area (Å²) in [5.74, 6) is 0.225. The molecule has 1 atom stereocenters. The first-order valence-corrected chi connectivity index (χ1v) is 14.7. The molecule has 0 saturated carbocycles. The molecule has 210 valence electrons. The van der Waals surface area contributed by atoms with Gasteiger partial charge in [0.2, 0.25) is 0 Å². The Labute approximate surface area is 250 Å². The lowest BCUT2D eigenvalue weighted by molar-refractivity contribution is 0.0651. The van der Waals surface area contributed by atoms with Gasteiger partial charge in [-0.2, -0.15) is 20.5 Å². The van der Waals surface area contributed by atoms with Gasteiger partial charge >= 0.3 is 0 Å². The number of aromatic nitrogens is 6. The molecule has 1 unspecified atom stereocenters. The summed E-state index contributed by atoms with van der Waals surface area (Å²) in [5.41, 5.74) is 6.75. The van der Waals surface area contributed by atoms with Crippen molar-refractivity contribution in [2.45, 2.75) is 53.1 Å². The maximum Gasteiger partial charge on any atom is 0.261 e. The molecule has 1 aliphatic rings. The van der Waals surface area contributed by atoms with Gasteiger partial charge in [-0.25, -0.2) is 4.52 Å². The fourth-order valence-electron chi connectivity index (χ4n) is 5.60. The van der Waals surface area contributed by atoms with Crippen LogP contribution in [-0.4, -0.2) is 46.4 Å². The topological polar surface area (TPSA) is 101 Å². The van der Waals surface area contributed by atoms with E-state index in [-0.39, 0.29) is 24.1 Å². The molecule has 41 heavy (non-hydrogen) atoms. The van der Waals surface area contributed by atoms with E-state index in [0.29, 0.717) is 28.5 Å². The molecule has 0 spiro atoms. The Morgan fingerprint density at radius 3 is 2.59 bits per heavy atom. The Bertz CT molecular complexity index is 1860. The second-order valence-electron chi connectivity index (χ2n) is 11.0. The number of halogens is 2. The fourth-order valence-corrected chi connectivity index (χ4v) is 6.03. The van der Waals surface area contributed by atoms with Crippen LogP contribution in [0.1, 0.15) is 53.6 Å². The van der Waals surface area contributed by atoms with E-state index >= 15 is 0 Å². The van der Waals surface area contributed by atoms with E-state index in [1.54, 1.807) is 27.7 Å². The molecule has 2 aromatic carbocycles. The number of carbonyl (C=O) groups excluding carboxylic acids is 1. The summed E-state index contributed by atoms with van der Waals surface area (Å²) in [6.07, 6.45) is 3.02. The maximum absolute atomic E-state index is 14.3. The van der Waals surface area contributed by atoms with E-state index in [1.165, 1.54) is 0 Å². The number of aromatic amines is 1. The number of rotatable bonds is 5. The van der Waals surface area contributed by atoms with Crippen molar-refractivity contribution in [2.75, 3.05) is 0 Å². The summed E-state index contributed by atoms with van der Waals surface area (Å²) >= 11 is 9.69. The zero-order valence-electron chi connectivity index (χ0n) is 23.2. The van der Waals surface area contributed by atoms with Gasteiger partial charge in [-0.3, -0.25) is 14.2 Å². The fraction of sp³-hybridized carbons (Fsp3) is 0.300. The van der Waals surface area contributed by atoms with E-state index in [9.17, 15) is 9.59 Å². The van der Waals surface area contributed by atoms with Crippen molar-refractivity contribution in [3.8, 4) is 16.9 Å². The molecule has 11 heteroatoms. The molecule has 0 bridgehead atoms. The lowest BCUT2D eigenvalue weighted by Gasteiger charge is -2.35. The van der Waals surface area contributed by atoms with Crippen molar-refractivity contribution in [2.24, 2.45) is 5.92 Å². The summed E-state index contributed by atoms with van der Waals surface area (Å²) < 4.78 is 4.35. The Balaban J connectivity index is 1.49. The summed E-state index contributed by atoms with van der Waals surface area (Å²) in [4.78, 5) is 29.7. The van der Waals surface area contributed by atoms with Crippen molar-refractivity contribution >= 4 is 39.1 Å². The van der Waals surface area contributed by atoms with Gasteiger partial charge in [0.25, 0.3) is 11.5 Å². The smallest absolute Gasteiger partial charge is 0.261 e. The highest BCUT2D eigenvalue weighted by Gasteiger charge is 2.33. The minimum atomic E-state index is -0.195. The summed E-state index contributed by atoms with van der Waals surface area (Å²) in [6.45, 7) is 8.42. The quantitative estimate of drug-likeness (QED) is 0.264. The van der Waals surface area contributed by atoms with Crippen LogP contribution in [0.15, 0.2) is 57.9 Å². The number of nitrogens with one attached hydrogen (secondary N) is 1. The molecular formula is C30H29BrClN7O2. The molecule has 5 aromatic rings. The van der Waals surface area contributed by atoms with Crippen LogP contribution in [0.3, 0.4) is 0 Å². The number of benzene rings is 2. The second-order valence-corrected chi connectivity index (χ2v) is 12.3. The molecule has 4 heterocycles. The summed E-state index contributed by atoms with van der Waals surface area (Å²) in [5, 5.41) is 16.3. The Morgan fingerprint density at radius 1 is 1.17 bits per heavy atom. The molecule has 1 amide bonds. The third kappa shape index (κ3) is 4.78. The van der Waals surface area contributed by atoms with Crippen molar-refractivity contribution in [1.29, 1.82) is 0 Å². The van der Waals surface area contributed by atoms with E-state index in [2.05, 4.69) is 45.2 Å². The predicted molar refractivity (Wildman–Crippen MR) is 162 cm³/mol. The van der Waals surface area contributed by atoms with Crippen LogP contribution >= 0.6 is 27.5 Å². The van der Waals surface area contributed by atoms with Gasteiger partial charge in [0.1, 0.15) is 11.3 Å². The number of H-pyrrole nitrogens is 1. The van der Waals surface area contributed by atoms with E-state index in [1.807, 2.05) is 48.8 Å². The highest BCUT2D eigenvalue weighted by molar-refractivity contribution is 9.10. The monoisotopic (exact) mass is 633 g/mol. The number of hydrogen-bond donors (Lipinski definition) is 1. The lowest BCUT2D eigenvalue weighted by atomic mass is 9.98. The van der Waals surface area contributed by atoms with Crippen LogP contribution in [0.25, 0.3) is 22.6 Å². The van der Waals surface area contributed by atoms with Crippen LogP contribution in [-0.2, 0) is 19.4 Å². The molecular weight excluding hydrogens is 606 g/mol. The zero-order chi connectivity index (χ0) is 29.0. The van der Waals surface area contributed by atoms with Crippen LogP contribution in [0.2, 0.25) is 5.02 Å². The van der Waals surface area contributed by atoms with Crippen molar-refractivity contribution < 1.29 is 4.79 Å². The SMILES string of the molecule is Cc1n[nH]nc1-c1ccc(-n2c(=O)c3c(n4ncc(CC(C)C)c24)CN(C(=O)c2ccc(Br)c(Cl)c2)C(C)C3)cc1. The third-order valence-corrected chi connectivity index (χ3v) is 8.85. The van der Waals surface area contributed by atoms with E-state index in [4.69, 9.17) is 16.7 Å². The first-order chi connectivity index (χ1) is 19.6. The van der Waals surface area contributed by atoms with Gasteiger partial charge in [0.05, 0.1) is 34.8 Å². The summed E-state index contributed by atoms with van der Waals surface area (Å²) in [7, 11) is 0. The Morgan fingerprint density at radius 2 is 1.93 bits per heavy atom. The van der Waals surface area contributed by atoms with Crippen LogP contribution in [0, 0.1) is 12.8 Å². The van der Waals surface area contributed by atoms with Gasteiger partial charge < -0.3 is 4.90 Å². The number of carbonyl (C=O) groups is 1. The van der Waals surface area contributed by atoms with Crippen LogP contribution < -0.4 is 5.56 Å².